The molecule has 2 aromatic heterocycles. The van der Waals surface area contributed by atoms with Gasteiger partial charge in [-0.2, -0.15) is 5.10 Å². The van der Waals surface area contributed by atoms with E-state index in [0.717, 1.165) is 5.76 Å². The molecule has 0 unspecified atom stereocenters. The topological polar surface area (TPSA) is 96.9 Å². The minimum atomic E-state index is -0.279. The van der Waals surface area contributed by atoms with Gasteiger partial charge >= 0.3 is 0 Å². The lowest BCUT2D eigenvalue weighted by Crippen LogP contribution is -2.26. The second-order valence-electron chi connectivity index (χ2n) is 3.70. The smallest absolute Gasteiger partial charge is 0.273 e. The molecule has 0 atom stereocenters. The lowest BCUT2D eigenvalue weighted by atomic mass is 10.3. The number of nitrogens with two attached hydrogens (primary N) is 1. The monoisotopic (exact) mass is 234 g/mol. The molecular formula is C11H14N4O2. The van der Waals surface area contributed by atoms with Crippen molar-refractivity contribution in [2.24, 2.45) is 0 Å². The highest BCUT2D eigenvalue weighted by Gasteiger charge is 2.14. The molecule has 1 amide bonds. The number of hydrogen-bond acceptors (Lipinski definition) is 4. The molecule has 17 heavy (non-hydrogen) atoms. The van der Waals surface area contributed by atoms with Gasteiger partial charge in [0.05, 0.1) is 17.6 Å². The number of aromatic nitrogens is 2. The van der Waals surface area contributed by atoms with Crippen LogP contribution in [-0.2, 0) is 6.42 Å². The number of carbonyl (C=O) groups excluding carboxylic acids is 1. The summed E-state index contributed by atoms with van der Waals surface area (Å²) in [5.41, 5.74) is 7.02. The van der Waals surface area contributed by atoms with Crippen LogP contribution in [0, 0.1) is 6.92 Å². The Morgan fingerprint density at radius 2 is 2.47 bits per heavy atom. The maximum atomic E-state index is 11.7. The summed E-state index contributed by atoms with van der Waals surface area (Å²) >= 11 is 0. The molecule has 6 nitrogen and oxygen atoms in total. The Morgan fingerprint density at radius 3 is 3.06 bits per heavy atom. The molecule has 0 saturated carbocycles. The summed E-state index contributed by atoms with van der Waals surface area (Å²) in [5.74, 6) is 0.551. The van der Waals surface area contributed by atoms with Crippen LogP contribution in [0.1, 0.15) is 21.9 Å². The van der Waals surface area contributed by atoms with Gasteiger partial charge in [-0.3, -0.25) is 9.89 Å². The lowest BCUT2D eigenvalue weighted by Gasteiger charge is -2.02. The van der Waals surface area contributed by atoms with Gasteiger partial charge in [-0.25, -0.2) is 0 Å². The second kappa shape index (κ2) is 4.73. The predicted octanol–water partition coefficient (Wildman–Crippen LogP) is 0.866. The summed E-state index contributed by atoms with van der Waals surface area (Å²) in [6.07, 6.45) is 2.24. The van der Waals surface area contributed by atoms with Crippen LogP contribution in [-0.4, -0.2) is 22.6 Å². The lowest BCUT2D eigenvalue weighted by molar-refractivity contribution is 0.0949. The van der Waals surface area contributed by atoms with Crippen molar-refractivity contribution in [2.45, 2.75) is 13.3 Å². The zero-order chi connectivity index (χ0) is 12.3. The maximum Gasteiger partial charge on any atom is 0.273 e. The summed E-state index contributed by atoms with van der Waals surface area (Å²) in [6, 6.07) is 3.67. The molecular weight excluding hydrogens is 220 g/mol. The molecule has 2 heterocycles. The Morgan fingerprint density at radius 1 is 1.65 bits per heavy atom. The standard InChI is InChI=1S/C11H14N4O2/c1-7-9(12)10(15-14-7)11(16)13-5-4-8-3-2-6-17-8/h2-3,6H,4-5,12H2,1H3,(H,13,16)(H,14,15). The predicted molar refractivity (Wildman–Crippen MR) is 62.5 cm³/mol. The zero-order valence-corrected chi connectivity index (χ0v) is 9.49. The number of hydrogen-bond donors (Lipinski definition) is 3. The van der Waals surface area contributed by atoms with Gasteiger partial charge in [-0.05, 0) is 19.1 Å². The van der Waals surface area contributed by atoms with E-state index in [1.54, 1.807) is 13.2 Å². The minimum absolute atomic E-state index is 0.238. The van der Waals surface area contributed by atoms with Crippen LogP contribution in [0.2, 0.25) is 0 Å². The van der Waals surface area contributed by atoms with Gasteiger partial charge in [-0.1, -0.05) is 0 Å². The van der Waals surface area contributed by atoms with E-state index in [9.17, 15) is 4.79 Å². The van der Waals surface area contributed by atoms with Crippen molar-refractivity contribution in [1.82, 2.24) is 15.5 Å². The largest absolute Gasteiger partial charge is 0.469 e. The SMILES string of the molecule is Cc1[nH]nc(C(=O)NCCc2ccco2)c1N. The molecule has 4 N–H and O–H groups in total. The third-order valence-electron chi connectivity index (χ3n) is 2.45. The third kappa shape index (κ3) is 2.47. The van der Waals surface area contributed by atoms with E-state index in [0.29, 0.717) is 24.3 Å². The second-order valence-corrected chi connectivity index (χ2v) is 3.70. The van der Waals surface area contributed by atoms with Crippen molar-refractivity contribution in [3.63, 3.8) is 0 Å². The Balaban J connectivity index is 1.87. The van der Waals surface area contributed by atoms with Crippen molar-refractivity contribution >= 4 is 11.6 Å². The summed E-state index contributed by atoms with van der Waals surface area (Å²) in [4.78, 5) is 11.7. The number of nitrogens with zero attached hydrogens (tertiary/aromatic N) is 1. The number of furan rings is 1. The highest BCUT2D eigenvalue weighted by Crippen LogP contribution is 2.11. The zero-order valence-electron chi connectivity index (χ0n) is 9.49. The molecule has 0 bridgehead atoms. The van der Waals surface area contributed by atoms with Crippen LogP contribution >= 0.6 is 0 Å². The van der Waals surface area contributed by atoms with Gasteiger partial charge in [-0.15, -0.1) is 0 Å². The molecule has 6 heteroatoms. The number of H-pyrrole nitrogens is 1. The van der Waals surface area contributed by atoms with Crippen LogP contribution in [0.4, 0.5) is 5.69 Å². The number of aromatic amines is 1. The van der Waals surface area contributed by atoms with E-state index in [4.69, 9.17) is 10.2 Å². The average molecular weight is 234 g/mol. The quantitative estimate of drug-likeness (QED) is 0.731. The van der Waals surface area contributed by atoms with Crippen LogP contribution in [0.3, 0.4) is 0 Å². The first-order chi connectivity index (χ1) is 8.18. The van der Waals surface area contributed by atoms with Crippen molar-refractivity contribution < 1.29 is 9.21 Å². The fourth-order valence-electron chi connectivity index (χ4n) is 1.45. The van der Waals surface area contributed by atoms with E-state index in [1.807, 2.05) is 12.1 Å². The highest BCUT2D eigenvalue weighted by molar-refractivity contribution is 5.97. The van der Waals surface area contributed by atoms with Gasteiger partial charge in [0.2, 0.25) is 0 Å². The number of aryl methyl sites for hydroxylation is 1. The Bertz CT molecular complexity index is 502. The molecule has 2 rings (SSSR count). The molecule has 2 aromatic rings. The van der Waals surface area contributed by atoms with Gasteiger partial charge in [0, 0.05) is 13.0 Å². The van der Waals surface area contributed by atoms with E-state index in [2.05, 4.69) is 15.5 Å². The number of nitrogen functional groups attached to an aromatic ring is 1. The molecule has 0 aromatic carbocycles. The van der Waals surface area contributed by atoms with Crippen LogP contribution in [0.15, 0.2) is 22.8 Å². The number of nitrogens with one attached hydrogen (secondary N) is 2. The van der Waals surface area contributed by atoms with E-state index >= 15 is 0 Å². The molecule has 0 aliphatic carbocycles. The van der Waals surface area contributed by atoms with Gasteiger partial charge < -0.3 is 15.5 Å². The van der Waals surface area contributed by atoms with Crippen molar-refractivity contribution in [3.05, 3.63) is 35.5 Å². The molecule has 0 saturated heterocycles. The first-order valence-electron chi connectivity index (χ1n) is 5.29. The van der Waals surface area contributed by atoms with Crippen molar-refractivity contribution in [2.75, 3.05) is 12.3 Å². The molecule has 0 radical (unpaired) electrons. The van der Waals surface area contributed by atoms with Crippen LogP contribution in [0.5, 0.6) is 0 Å². The van der Waals surface area contributed by atoms with Gasteiger partial charge in [0.1, 0.15) is 5.76 Å². The fourth-order valence-corrected chi connectivity index (χ4v) is 1.45. The van der Waals surface area contributed by atoms with Crippen LogP contribution in [0.25, 0.3) is 0 Å². The fraction of sp³-hybridized carbons (Fsp3) is 0.273. The van der Waals surface area contributed by atoms with Gasteiger partial charge in [0.25, 0.3) is 5.91 Å². The number of carbonyl (C=O) groups is 1. The summed E-state index contributed by atoms with van der Waals surface area (Å²) in [7, 11) is 0. The van der Waals surface area contributed by atoms with Crippen molar-refractivity contribution in [1.29, 1.82) is 0 Å². The molecule has 0 aliphatic heterocycles. The normalized spacial score (nSPS) is 10.4. The summed E-state index contributed by atoms with van der Waals surface area (Å²) in [5, 5.41) is 9.24. The van der Waals surface area contributed by atoms with Crippen LogP contribution < -0.4 is 11.1 Å². The minimum Gasteiger partial charge on any atom is -0.469 e. The van der Waals surface area contributed by atoms with E-state index in [-0.39, 0.29) is 11.6 Å². The third-order valence-corrected chi connectivity index (χ3v) is 2.45. The Kier molecular flexibility index (Phi) is 3.13. The maximum absolute atomic E-state index is 11.7. The first-order valence-corrected chi connectivity index (χ1v) is 5.29. The molecule has 0 spiro atoms. The summed E-state index contributed by atoms with van der Waals surface area (Å²) in [6.45, 7) is 2.25. The molecule has 0 fully saturated rings. The Labute approximate surface area is 98.2 Å². The Hall–Kier alpha value is -2.24. The van der Waals surface area contributed by atoms with E-state index < -0.39 is 0 Å². The number of anilines is 1. The van der Waals surface area contributed by atoms with E-state index in [1.165, 1.54) is 0 Å². The summed E-state index contributed by atoms with van der Waals surface area (Å²) < 4.78 is 5.15. The molecule has 0 aliphatic rings. The van der Waals surface area contributed by atoms with Crippen molar-refractivity contribution in [3.8, 4) is 0 Å². The average Bonchev–Trinajstić information content (AvgIpc) is 2.91. The highest BCUT2D eigenvalue weighted by atomic mass is 16.3. The van der Waals surface area contributed by atoms with Gasteiger partial charge in [0.15, 0.2) is 5.69 Å². The molecule has 90 valence electrons. The first kappa shape index (κ1) is 11.3. The number of rotatable bonds is 4. The number of amides is 1.